The minimum absolute atomic E-state index is 0.846. The molecule has 2 aromatic rings. The van der Waals surface area contributed by atoms with E-state index >= 15 is 0 Å². The van der Waals surface area contributed by atoms with Crippen molar-refractivity contribution < 1.29 is 4.74 Å². The smallest absolute Gasteiger partial charge is 0.122 e. The Bertz CT molecular complexity index is 517. The van der Waals surface area contributed by atoms with Crippen molar-refractivity contribution in [2.45, 2.75) is 6.42 Å². The second-order valence-electron chi connectivity index (χ2n) is 3.88. The van der Waals surface area contributed by atoms with Crippen molar-refractivity contribution >= 4 is 21.6 Å². The molecule has 0 aliphatic carbocycles. The summed E-state index contributed by atoms with van der Waals surface area (Å²) in [5, 5.41) is 3.34. The van der Waals surface area contributed by atoms with Crippen LogP contribution in [0.5, 0.6) is 5.75 Å². The van der Waals surface area contributed by atoms with E-state index in [9.17, 15) is 0 Å². The van der Waals surface area contributed by atoms with Gasteiger partial charge in [0.1, 0.15) is 5.75 Å². The van der Waals surface area contributed by atoms with E-state index in [0.717, 1.165) is 28.9 Å². The van der Waals surface area contributed by atoms with Crippen LogP contribution >= 0.6 is 15.9 Å². The summed E-state index contributed by atoms with van der Waals surface area (Å²) in [6.45, 7) is 0.846. The zero-order chi connectivity index (χ0) is 12.8. The lowest BCUT2D eigenvalue weighted by atomic mass is 10.1. The van der Waals surface area contributed by atoms with E-state index in [1.165, 1.54) is 5.56 Å². The summed E-state index contributed by atoms with van der Waals surface area (Å²) in [5.41, 5.74) is 2.22. The van der Waals surface area contributed by atoms with Crippen molar-refractivity contribution in [3.8, 4) is 5.75 Å². The summed E-state index contributed by atoms with van der Waals surface area (Å²) in [6, 6.07) is 10.1. The predicted octanol–water partition coefficient (Wildman–Crippen LogP) is 3.51. The fourth-order valence-electron chi connectivity index (χ4n) is 1.76. The van der Waals surface area contributed by atoms with Crippen molar-refractivity contribution in [3.05, 3.63) is 52.8 Å². The molecule has 0 atom stereocenters. The highest BCUT2D eigenvalue weighted by molar-refractivity contribution is 9.10. The van der Waals surface area contributed by atoms with Gasteiger partial charge in [-0.2, -0.15) is 0 Å². The Kier molecular flexibility index (Phi) is 4.59. The van der Waals surface area contributed by atoms with Crippen LogP contribution < -0.4 is 10.1 Å². The highest BCUT2D eigenvalue weighted by atomic mass is 79.9. The average molecular weight is 307 g/mol. The maximum Gasteiger partial charge on any atom is 0.122 e. The molecule has 4 heteroatoms. The molecule has 0 radical (unpaired) electrons. The number of halogens is 1. The molecule has 18 heavy (non-hydrogen) atoms. The molecule has 2 rings (SSSR count). The number of anilines is 1. The van der Waals surface area contributed by atoms with Gasteiger partial charge in [-0.15, -0.1) is 0 Å². The minimum atomic E-state index is 0.846. The van der Waals surface area contributed by atoms with Crippen LogP contribution in [0.4, 0.5) is 5.69 Å². The van der Waals surface area contributed by atoms with Crippen molar-refractivity contribution in [2.75, 3.05) is 19.0 Å². The van der Waals surface area contributed by atoms with Gasteiger partial charge in [0.25, 0.3) is 0 Å². The maximum atomic E-state index is 5.32. The Balaban J connectivity index is 1.92. The zero-order valence-electron chi connectivity index (χ0n) is 10.2. The van der Waals surface area contributed by atoms with Crippen molar-refractivity contribution in [1.82, 2.24) is 4.98 Å². The largest absolute Gasteiger partial charge is 0.496 e. The van der Waals surface area contributed by atoms with Crippen LogP contribution in [0.15, 0.2) is 47.2 Å². The van der Waals surface area contributed by atoms with Gasteiger partial charge in [0.05, 0.1) is 19.0 Å². The predicted molar refractivity (Wildman–Crippen MR) is 77.1 cm³/mol. The van der Waals surface area contributed by atoms with E-state index in [0.29, 0.717) is 0 Å². The molecule has 0 unspecified atom stereocenters. The van der Waals surface area contributed by atoms with Gasteiger partial charge < -0.3 is 10.1 Å². The third-order valence-electron chi connectivity index (χ3n) is 2.62. The van der Waals surface area contributed by atoms with Crippen LogP contribution in [-0.4, -0.2) is 18.6 Å². The number of hydrogen-bond acceptors (Lipinski definition) is 3. The number of nitrogens with zero attached hydrogens (tertiary/aromatic N) is 1. The first kappa shape index (κ1) is 12.9. The topological polar surface area (TPSA) is 34.1 Å². The minimum Gasteiger partial charge on any atom is -0.496 e. The molecule has 0 saturated carbocycles. The molecule has 0 aliphatic heterocycles. The quantitative estimate of drug-likeness (QED) is 0.918. The number of hydrogen-bond donors (Lipinski definition) is 1. The Morgan fingerprint density at radius 3 is 2.89 bits per heavy atom. The number of nitrogens with one attached hydrogen (secondary N) is 1. The van der Waals surface area contributed by atoms with Crippen LogP contribution in [0.3, 0.4) is 0 Å². The lowest BCUT2D eigenvalue weighted by molar-refractivity contribution is 0.410. The second kappa shape index (κ2) is 6.40. The Morgan fingerprint density at radius 1 is 1.28 bits per heavy atom. The van der Waals surface area contributed by atoms with E-state index < -0.39 is 0 Å². The molecular formula is C14H15BrN2O. The fourth-order valence-corrected chi connectivity index (χ4v) is 2.12. The van der Waals surface area contributed by atoms with Gasteiger partial charge in [-0.05, 0) is 40.0 Å². The molecule has 0 fully saturated rings. The van der Waals surface area contributed by atoms with Crippen molar-refractivity contribution in [1.29, 1.82) is 0 Å². The van der Waals surface area contributed by atoms with Crippen LogP contribution in [-0.2, 0) is 6.42 Å². The van der Waals surface area contributed by atoms with Crippen LogP contribution in [0.1, 0.15) is 5.56 Å². The van der Waals surface area contributed by atoms with Crippen LogP contribution in [0.2, 0.25) is 0 Å². The molecule has 1 aromatic carbocycles. The number of ether oxygens (including phenoxy) is 1. The summed E-state index contributed by atoms with van der Waals surface area (Å²) in [5.74, 6) is 0.937. The van der Waals surface area contributed by atoms with Gasteiger partial charge >= 0.3 is 0 Å². The molecule has 1 N–H and O–H groups in total. The SMILES string of the molecule is COc1ccccc1CCNc1cncc(Br)c1. The molecule has 1 aromatic heterocycles. The first-order chi connectivity index (χ1) is 8.79. The fraction of sp³-hybridized carbons (Fsp3) is 0.214. The van der Waals surface area contributed by atoms with Gasteiger partial charge in [0.2, 0.25) is 0 Å². The lowest BCUT2D eigenvalue weighted by Crippen LogP contribution is -2.06. The molecule has 0 amide bonds. The maximum absolute atomic E-state index is 5.32. The van der Waals surface area contributed by atoms with Crippen LogP contribution in [0, 0.1) is 0 Å². The third kappa shape index (κ3) is 3.47. The third-order valence-corrected chi connectivity index (χ3v) is 3.05. The molecule has 0 spiro atoms. The van der Waals surface area contributed by atoms with E-state index in [2.05, 4.69) is 32.3 Å². The summed E-state index contributed by atoms with van der Waals surface area (Å²) >= 11 is 3.40. The number of pyridine rings is 1. The lowest BCUT2D eigenvalue weighted by Gasteiger charge is -2.09. The number of aromatic nitrogens is 1. The zero-order valence-corrected chi connectivity index (χ0v) is 11.8. The Labute approximate surface area is 115 Å². The number of para-hydroxylation sites is 1. The van der Waals surface area contributed by atoms with Gasteiger partial charge in [0, 0.05) is 17.2 Å². The summed E-state index contributed by atoms with van der Waals surface area (Å²) in [4.78, 5) is 4.11. The van der Waals surface area contributed by atoms with Crippen molar-refractivity contribution in [3.63, 3.8) is 0 Å². The van der Waals surface area contributed by atoms with Gasteiger partial charge in [-0.25, -0.2) is 0 Å². The van der Waals surface area contributed by atoms with Gasteiger partial charge in [0.15, 0.2) is 0 Å². The summed E-state index contributed by atoms with van der Waals surface area (Å²) in [6.07, 6.45) is 4.49. The molecular weight excluding hydrogens is 292 g/mol. The van der Waals surface area contributed by atoms with E-state index in [1.54, 1.807) is 13.3 Å². The number of benzene rings is 1. The molecule has 1 heterocycles. The van der Waals surface area contributed by atoms with E-state index in [4.69, 9.17) is 4.74 Å². The highest BCUT2D eigenvalue weighted by Gasteiger charge is 2.01. The molecule has 0 bridgehead atoms. The van der Waals surface area contributed by atoms with Crippen molar-refractivity contribution in [2.24, 2.45) is 0 Å². The highest BCUT2D eigenvalue weighted by Crippen LogP contribution is 2.18. The molecule has 0 saturated heterocycles. The molecule has 3 nitrogen and oxygen atoms in total. The Hall–Kier alpha value is -1.55. The number of rotatable bonds is 5. The summed E-state index contributed by atoms with van der Waals surface area (Å²) < 4.78 is 6.30. The van der Waals surface area contributed by atoms with E-state index in [1.807, 2.05) is 30.5 Å². The second-order valence-corrected chi connectivity index (χ2v) is 4.80. The van der Waals surface area contributed by atoms with E-state index in [-0.39, 0.29) is 0 Å². The Morgan fingerprint density at radius 2 is 2.11 bits per heavy atom. The standard InChI is InChI=1S/C14H15BrN2O/c1-18-14-5-3-2-4-11(14)6-7-17-13-8-12(15)9-16-10-13/h2-5,8-10,17H,6-7H2,1H3. The number of methoxy groups -OCH3 is 1. The monoisotopic (exact) mass is 306 g/mol. The normalized spacial score (nSPS) is 10.1. The van der Waals surface area contributed by atoms with Gasteiger partial charge in [-0.1, -0.05) is 18.2 Å². The van der Waals surface area contributed by atoms with Gasteiger partial charge in [-0.3, -0.25) is 4.98 Å². The first-order valence-electron chi connectivity index (χ1n) is 5.76. The molecule has 94 valence electrons. The molecule has 0 aliphatic rings. The average Bonchev–Trinajstić information content (AvgIpc) is 2.39. The van der Waals surface area contributed by atoms with Crippen LogP contribution in [0.25, 0.3) is 0 Å². The first-order valence-corrected chi connectivity index (χ1v) is 6.55. The summed E-state index contributed by atoms with van der Waals surface area (Å²) in [7, 11) is 1.70.